The summed E-state index contributed by atoms with van der Waals surface area (Å²) in [5.74, 6) is 0.684. The molecule has 1 amide bonds. The van der Waals surface area contributed by atoms with Gasteiger partial charge in [-0.3, -0.25) is 9.78 Å². The van der Waals surface area contributed by atoms with Gasteiger partial charge in [0.2, 0.25) is 0 Å². The Morgan fingerprint density at radius 2 is 1.91 bits per heavy atom. The minimum Gasteiger partial charge on any atom is -0.491 e. The van der Waals surface area contributed by atoms with Gasteiger partial charge >= 0.3 is 0 Å². The third-order valence-corrected chi connectivity index (χ3v) is 3.32. The lowest BCUT2D eigenvalue weighted by molar-refractivity contribution is 0.0947. The van der Waals surface area contributed by atoms with Gasteiger partial charge in [-0.15, -0.1) is 0 Å². The normalized spacial score (nSPS) is 10.4. The van der Waals surface area contributed by atoms with Gasteiger partial charge in [0.05, 0.1) is 12.1 Å². The monoisotopic (exact) mass is 292 g/mol. The van der Waals surface area contributed by atoms with Gasteiger partial charge in [0, 0.05) is 17.8 Å². The van der Waals surface area contributed by atoms with Crippen LogP contribution in [0.1, 0.15) is 10.4 Å². The van der Waals surface area contributed by atoms with Crippen molar-refractivity contribution >= 4 is 16.7 Å². The highest BCUT2D eigenvalue weighted by Crippen LogP contribution is 2.24. The highest BCUT2D eigenvalue weighted by atomic mass is 16.5. The molecule has 0 bridgehead atoms. The number of hydrogen-bond donors (Lipinski definition) is 1. The van der Waals surface area contributed by atoms with Crippen molar-refractivity contribution in [1.29, 1.82) is 0 Å². The smallest absolute Gasteiger partial charge is 0.252 e. The molecule has 0 saturated carbocycles. The molecule has 1 heterocycles. The Bertz CT molecular complexity index is 767. The number of fused-ring (bicyclic) bond motifs is 1. The summed E-state index contributed by atoms with van der Waals surface area (Å²) in [6, 6.07) is 17.5. The van der Waals surface area contributed by atoms with Gasteiger partial charge in [0.25, 0.3) is 5.91 Å². The minimum absolute atomic E-state index is 0.144. The van der Waals surface area contributed by atoms with E-state index in [1.165, 1.54) is 0 Å². The minimum atomic E-state index is -0.144. The first-order valence-corrected chi connectivity index (χ1v) is 7.13. The Hall–Kier alpha value is -2.88. The van der Waals surface area contributed by atoms with Crippen molar-refractivity contribution in [2.75, 3.05) is 13.2 Å². The lowest BCUT2D eigenvalue weighted by atomic mass is 10.1. The number of nitrogens with zero attached hydrogens (tertiary/aromatic N) is 1. The summed E-state index contributed by atoms with van der Waals surface area (Å²) in [6.07, 6.45) is 3.18. The number of ether oxygens (including phenoxy) is 1. The second kappa shape index (κ2) is 6.72. The SMILES string of the molecule is O=C(NCCOc1cccc2ccccc12)c1cccnc1. The van der Waals surface area contributed by atoms with Gasteiger partial charge in [-0.2, -0.15) is 0 Å². The molecule has 110 valence electrons. The second-order valence-electron chi connectivity index (χ2n) is 4.82. The number of carbonyl (C=O) groups excluding carboxylic acids is 1. The molecule has 0 fully saturated rings. The average Bonchev–Trinajstić information content (AvgIpc) is 2.59. The van der Waals surface area contributed by atoms with Gasteiger partial charge in [-0.05, 0) is 23.6 Å². The van der Waals surface area contributed by atoms with Crippen molar-refractivity contribution in [3.05, 3.63) is 72.6 Å². The van der Waals surface area contributed by atoms with E-state index in [4.69, 9.17) is 4.74 Å². The maximum atomic E-state index is 11.9. The summed E-state index contributed by atoms with van der Waals surface area (Å²) in [4.78, 5) is 15.8. The van der Waals surface area contributed by atoms with E-state index in [0.29, 0.717) is 18.7 Å². The van der Waals surface area contributed by atoms with Gasteiger partial charge < -0.3 is 10.1 Å². The van der Waals surface area contributed by atoms with Crippen molar-refractivity contribution < 1.29 is 9.53 Å². The fraction of sp³-hybridized carbons (Fsp3) is 0.111. The Morgan fingerprint density at radius 1 is 1.05 bits per heavy atom. The molecule has 3 rings (SSSR count). The number of hydrogen-bond acceptors (Lipinski definition) is 3. The van der Waals surface area contributed by atoms with Crippen LogP contribution in [0.4, 0.5) is 0 Å². The second-order valence-corrected chi connectivity index (χ2v) is 4.82. The molecule has 0 atom stereocenters. The summed E-state index contributed by atoms with van der Waals surface area (Å²) >= 11 is 0. The molecule has 3 aromatic rings. The van der Waals surface area contributed by atoms with E-state index >= 15 is 0 Å². The number of amides is 1. The average molecular weight is 292 g/mol. The number of rotatable bonds is 5. The van der Waals surface area contributed by atoms with Gasteiger partial charge in [-0.25, -0.2) is 0 Å². The summed E-state index contributed by atoms with van der Waals surface area (Å²) in [7, 11) is 0. The van der Waals surface area contributed by atoms with E-state index in [1.54, 1.807) is 24.5 Å². The van der Waals surface area contributed by atoms with Crippen molar-refractivity contribution in [2.24, 2.45) is 0 Å². The fourth-order valence-electron chi connectivity index (χ4n) is 2.25. The fourth-order valence-corrected chi connectivity index (χ4v) is 2.25. The van der Waals surface area contributed by atoms with E-state index in [2.05, 4.69) is 10.3 Å². The first kappa shape index (κ1) is 14.1. The standard InChI is InChI=1S/C18H16N2O2/c21-18(15-7-4-10-19-13-15)20-11-12-22-17-9-3-6-14-5-1-2-8-16(14)17/h1-10,13H,11-12H2,(H,20,21). The van der Waals surface area contributed by atoms with Gasteiger partial charge in [0.1, 0.15) is 12.4 Å². The van der Waals surface area contributed by atoms with Crippen LogP contribution in [-0.2, 0) is 0 Å². The topological polar surface area (TPSA) is 51.2 Å². The molecule has 0 spiro atoms. The first-order valence-electron chi connectivity index (χ1n) is 7.13. The van der Waals surface area contributed by atoms with Crippen LogP contribution in [0, 0.1) is 0 Å². The maximum Gasteiger partial charge on any atom is 0.252 e. The molecule has 0 aliphatic heterocycles. The van der Waals surface area contributed by atoms with E-state index in [0.717, 1.165) is 16.5 Å². The van der Waals surface area contributed by atoms with Crippen LogP contribution < -0.4 is 10.1 Å². The van der Waals surface area contributed by atoms with Crippen LogP contribution in [-0.4, -0.2) is 24.0 Å². The largest absolute Gasteiger partial charge is 0.491 e. The number of carbonyl (C=O) groups is 1. The molecule has 1 N–H and O–H groups in total. The van der Waals surface area contributed by atoms with Crippen LogP contribution in [0.5, 0.6) is 5.75 Å². The quantitative estimate of drug-likeness (QED) is 0.735. The third kappa shape index (κ3) is 3.23. The summed E-state index contributed by atoms with van der Waals surface area (Å²) in [5, 5.41) is 5.02. The number of nitrogens with one attached hydrogen (secondary N) is 1. The molecule has 0 unspecified atom stereocenters. The van der Waals surface area contributed by atoms with Crippen molar-refractivity contribution in [2.45, 2.75) is 0 Å². The Kier molecular flexibility index (Phi) is 4.30. The van der Waals surface area contributed by atoms with Crippen LogP contribution >= 0.6 is 0 Å². The third-order valence-electron chi connectivity index (χ3n) is 3.32. The molecule has 0 saturated heterocycles. The van der Waals surface area contributed by atoms with E-state index in [9.17, 15) is 4.79 Å². The molecular weight excluding hydrogens is 276 g/mol. The van der Waals surface area contributed by atoms with Crippen LogP contribution in [0.25, 0.3) is 10.8 Å². The molecule has 2 aromatic carbocycles. The zero-order valence-corrected chi connectivity index (χ0v) is 12.0. The zero-order chi connectivity index (χ0) is 15.2. The van der Waals surface area contributed by atoms with Gasteiger partial charge in [-0.1, -0.05) is 36.4 Å². The summed E-state index contributed by atoms with van der Waals surface area (Å²) in [5.41, 5.74) is 0.549. The molecule has 4 heteroatoms. The predicted molar refractivity (Wildman–Crippen MR) is 86.0 cm³/mol. The number of aromatic nitrogens is 1. The number of pyridine rings is 1. The van der Waals surface area contributed by atoms with Crippen LogP contribution in [0.2, 0.25) is 0 Å². The molecule has 22 heavy (non-hydrogen) atoms. The van der Waals surface area contributed by atoms with Crippen LogP contribution in [0.15, 0.2) is 67.0 Å². The first-order chi connectivity index (χ1) is 10.8. The molecule has 0 aliphatic rings. The molecule has 0 radical (unpaired) electrons. The lowest BCUT2D eigenvalue weighted by Crippen LogP contribution is -2.28. The molecular formula is C18H16N2O2. The Morgan fingerprint density at radius 3 is 2.77 bits per heavy atom. The lowest BCUT2D eigenvalue weighted by Gasteiger charge is -2.10. The van der Waals surface area contributed by atoms with Crippen molar-refractivity contribution in [3.8, 4) is 5.75 Å². The predicted octanol–water partition coefficient (Wildman–Crippen LogP) is 3.04. The van der Waals surface area contributed by atoms with E-state index < -0.39 is 0 Å². The van der Waals surface area contributed by atoms with E-state index in [-0.39, 0.29) is 5.91 Å². The van der Waals surface area contributed by atoms with Gasteiger partial charge in [0.15, 0.2) is 0 Å². The molecule has 1 aromatic heterocycles. The highest BCUT2D eigenvalue weighted by molar-refractivity contribution is 5.93. The summed E-state index contributed by atoms with van der Waals surface area (Å²) < 4.78 is 5.78. The summed E-state index contributed by atoms with van der Waals surface area (Å²) in [6.45, 7) is 0.858. The van der Waals surface area contributed by atoms with E-state index in [1.807, 2.05) is 42.5 Å². The van der Waals surface area contributed by atoms with Crippen LogP contribution in [0.3, 0.4) is 0 Å². The Labute approximate surface area is 128 Å². The zero-order valence-electron chi connectivity index (χ0n) is 12.0. The highest BCUT2D eigenvalue weighted by Gasteiger charge is 2.05. The molecule has 4 nitrogen and oxygen atoms in total. The van der Waals surface area contributed by atoms with Crippen molar-refractivity contribution in [3.63, 3.8) is 0 Å². The molecule has 0 aliphatic carbocycles. The number of benzene rings is 2. The Balaban J connectivity index is 1.56. The van der Waals surface area contributed by atoms with Crippen molar-refractivity contribution in [1.82, 2.24) is 10.3 Å². The maximum absolute atomic E-state index is 11.9.